The summed E-state index contributed by atoms with van der Waals surface area (Å²) in [5.41, 5.74) is 1.76. The Morgan fingerprint density at radius 3 is 2.24 bits per heavy atom. The van der Waals surface area contributed by atoms with Gasteiger partial charge in [0.1, 0.15) is 5.25 Å². The third kappa shape index (κ3) is 4.76. The quantitative estimate of drug-likeness (QED) is 0.691. The largest absolute Gasteiger partial charge is 0.369 e. The van der Waals surface area contributed by atoms with Gasteiger partial charge < -0.3 is 4.90 Å². The molecule has 1 unspecified atom stereocenters. The Labute approximate surface area is 173 Å². The first-order chi connectivity index (χ1) is 13.9. The average Bonchev–Trinajstić information content (AvgIpc) is 2.73. The molecule has 0 radical (unpaired) electrons. The number of piperazine rings is 1. The van der Waals surface area contributed by atoms with Crippen molar-refractivity contribution in [1.82, 2.24) is 14.4 Å². The first kappa shape index (κ1) is 21.3. The predicted molar refractivity (Wildman–Crippen MR) is 114 cm³/mol. The molecular formula is C21H28N4O3S. The van der Waals surface area contributed by atoms with Crippen LogP contribution in [0, 0.1) is 0 Å². The Hall–Kier alpha value is -2.45. The molecule has 7 nitrogen and oxygen atoms in total. The molecule has 3 rings (SSSR count). The molecular weight excluding hydrogens is 388 g/mol. The third-order valence-electron chi connectivity index (χ3n) is 5.13. The molecule has 2 heterocycles. The van der Waals surface area contributed by atoms with Gasteiger partial charge in [-0.3, -0.25) is 9.78 Å². The molecule has 0 N–H and O–H groups in total. The molecule has 1 aliphatic heterocycles. The van der Waals surface area contributed by atoms with Gasteiger partial charge in [0.05, 0.1) is 0 Å². The third-order valence-corrected chi connectivity index (χ3v) is 7.33. The Morgan fingerprint density at radius 2 is 1.69 bits per heavy atom. The summed E-state index contributed by atoms with van der Waals surface area (Å²) in [6.07, 6.45) is 4.65. The summed E-state index contributed by atoms with van der Waals surface area (Å²) in [4.78, 5) is 18.7. The number of amides is 1. The summed E-state index contributed by atoms with van der Waals surface area (Å²) in [7, 11) is -3.88. The van der Waals surface area contributed by atoms with Crippen molar-refractivity contribution in [2.75, 3.05) is 31.1 Å². The highest BCUT2D eigenvalue weighted by Crippen LogP contribution is 2.31. The molecule has 0 bridgehead atoms. The number of hydrazine groups is 1. The second-order valence-electron chi connectivity index (χ2n) is 7.14. The fourth-order valence-electron chi connectivity index (χ4n) is 3.77. The van der Waals surface area contributed by atoms with E-state index >= 15 is 0 Å². The van der Waals surface area contributed by atoms with E-state index in [1.54, 1.807) is 17.4 Å². The SMILES string of the molecule is CCCC(c1ccccc1)S(=O)(=O)N(C(C)=O)N1CCN(c2ccncc2)CC1. The molecule has 1 fully saturated rings. The van der Waals surface area contributed by atoms with Crippen molar-refractivity contribution >= 4 is 21.6 Å². The van der Waals surface area contributed by atoms with E-state index in [0.29, 0.717) is 39.0 Å². The molecule has 0 saturated carbocycles. The maximum atomic E-state index is 13.6. The number of hydrogen-bond acceptors (Lipinski definition) is 6. The van der Waals surface area contributed by atoms with Crippen LogP contribution in [0.15, 0.2) is 54.9 Å². The van der Waals surface area contributed by atoms with Crippen LogP contribution >= 0.6 is 0 Å². The van der Waals surface area contributed by atoms with Gasteiger partial charge in [-0.1, -0.05) is 43.7 Å². The van der Waals surface area contributed by atoms with E-state index in [2.05, 4.69) is 9.88 Å². The van der Waals surface area contributed by atoms with Crippen molar-refractivity contribution < 1.29 is 13.2 Å². The molecule has 1 aromatic heterocycles. The molecule has 1 aliphatic rings. The number of anilines is 1. The molecule has 29 heavy (non-hydrogen) atoms. The summed E-state index contributed by atoms with van der Waals surface area (Å²) < 4.78 is 28.1. The Morgan fingerprint density at radius 1 is 1.07 bits per heavy atom. The molecule has 1 atom stereocenters. The normalized spacial score (nSPS) is 16.4. The standard InChI is InChI=1S/C21H28N4O3S/c1-3-7-21(19-8-5-4-6-9-19)29(27,28)25(18(2)26)24-16-14-23(15-17-24)20-10-12-22-13-11-20/h4-6,8-13,21H,3,7,14-17H2,1-2H3. The van der Waals surface area contributed by atoms with Crippen molar-refractivity contribution in [3.63, 3.8) is 0 Å². The van der Waals surface area contributed by atoms with E-state index in [4.69, 9.17) is 0 Å². The lowest BCUT2D eigenvalue weighted by molar-refractivity contribution is -0.135. The number of nitrogens with zero attached hydrogens (tertiary/aromatic N) is 4. The zero-order valence-corrected chi connectivity index (χ0v) is 17.8. The average molecular weight is 417 g/mol. The molecule has 0 spiro atoms. The topological polar surface area (TPSA) is 73.8 Å². The van der Waals surface area contributed by atoms with E-state index in [0.717, 1.165) is 15.7 Å². The van der Waals surface area contributed by atoms with Gasteiger partial charge in [-0.05, 0) is 24.1 Å². The van der Waals surface area contributed by atoms with Gasteiger partial charge in [0.15, 0.2) is 0 Å². The maximum Gasteiger partial charge on any atom is 0.258 e. The minimum atomic E-state index is -3.88. The Kier molecular flexibility index (Phi) is 6.87. The monoisotopic (exact) mass is 416 g/mol. The predicted octanol–water partition coefficient (Wildman–Crippen LogP) is 2.84. The Bertz CT molecular complexity index is 898. The summed E-state index contributed by atoms with van der Waals surface area (Å²) in [5.74, 6) is -0.473. The molecule has 2 aromatic rings. The smallest absolute Gasteiger partial charge is 0.258 e. The molecule has 156 valence electrons. The molecule has 0 aliphatic carbocycles. The van der Waals surface area contributed by atoms with Crippen LogP contribution in [0.3, 0.4) is 0 Å². The van der Waals surface area contributed by atoms with Crippen molar-refractivity contribution in [2.24, 2.45) is 0 Å². The van der Waals surface area contributed by atoms with Gasteiger partial charge in [0.25, 0.3) is 10.0 Å². The minimum Gasteiger partial charge on any atom is -0.369 e. The fourth-order valence-corrected chi connectivity index (χ4v) is 5.89. The number of benzene rings is 1. The van der Waals surface area contributed by atoms with Crippen molar-refractivity contribution in [2.45, 2.75) is 31.9 Å². The van der Waals surface area contributed by atoms with E-state index in [1.807, 2.05) is 49.4 Å². The summed E-state index contributed by atoms with van der Waals surface area (Å²) in [6.45, 7) is 5.45. The minimum absolute atomic E-state index is 0.453. The van der Waals surface area contributed by atoms with Crippen molar-refractivity contribution in [1.29, 1.82) is 0 Å². The first-order valence-electron chi connectivity index (χ1n) is 9.94. The lowest BCUT2D eigenvalue weighted by Crippen LogP contribution is -2.57. The first-order valence-corrected chi connectivity index (χ1v) is 11.4. The molecule has 1 amide bonds. The van der Waals surface area contributed by atoms with Crippen LogP contribution in [0.5, 0.6) is 0 Å². The number of sulfonamides is 1. The summed E-state index contributed by atoms with van der Waals surface area (Å²) >= 11 is 0. The number of rotatable bonds is 7. The number of hydrogen-bond donors (Lipinski definition) is 0. The van der Waals surface area contributed by atoms with Crippen LogP contribution in [0.4, 0.5) is 5.69 Å². The van der Waals surface area contributed by atoms with E-state index in [-0.39, 0.29) is 0 Å². The highest BCUT2D eigenvalue weighted by atomic mass is 32.2. The van der Waals surface area contributed by atoms with Gasteiger partial charge in [-0.15, -0.1) is 0 Å². The number of aromatic nitrogens is 1. The van der Waals surface area contributed by atoms with Crippen LogP contribution in [-0.4, -0.2) is 54.9 Å². The highest BCUT2D eigenvalue weighted by molar-refractivity contribution is 7.89. The van der Waals surface area contributed by atoms with Crippen LogP contribution in [-0.2, 0) is 14.8 Å². The van der Waals surface area contributed by atoms with Crippen molar-refractivity contribution in [3.8, 4) is 0 Å². The Balaban J connectivity index is 1.82. The zero-order valence-electron chi connectivity index (χ0n) is 16.9. The maximum absolute atomic E-state index is 13.6. The second-order valence-corrected chi connectivity index (χ2v) is 9.09. The van der Waals surface area contributed by atoms with Crippen LogP contribution in [0.1, 0.15) is 37.5 Å². The van der Waals surface area contributed by atoms with Crippen LogP contribution < -0.4 is 4.90 Å². The van der Waals surface area contributed by atoms with Gasteiger partial charge in [0.2, 0.25) is 5.91 Å². The summed E-state index contributed by atoms with van der Waals surface area (Å²) in [6, 6.07) is 13.0. The lowest BCUT2D eigenvalue weighted by atomic mass is 10.1. The van der Waals surface area contributed by atoms with E-state index < -0.39 is 21.2 Å². The van der Waals surface area contributed by atoms with Gasteiger partial charge in [-0.2, -0.15) is 4.41 Å². The van der Waals surface area contributed by atoms with Crippen LogP contribution in [0.2, 0.25) is 0 Å². The number of carbonyl (C=O) groups is 1. The highest BCUT2D eigenvalue weighted by Gasteiger charge is 2.39. The van der Waals surface area contributed by atoms with E-state index in [1.165, 1.54) is 6.92 Å². The van der Waals surface area contributed by atoms with Gasteiger partial charge in [0, 0.05) is 51.2 Å². The molecule has 1 aromatic carbocycles. The zero-order chi connectivity index (χ0) is 20.9. The van der Waals surface area contributed by atoms with Crippen LogP contribution in [0.25, 0.3) is 0 Å². The molecule has 1 saturated heterocycles. The summed E-state index contributed by atoms with van der Waals surface area (Å²) in [5, 5.41) is 0.928. The second kappa shape index (κ2) is 9.37. The van der Waals surface area contributed by atoms with Gasteiger partial charge >= 0.3 is 0 Å². The fraction of sp³-hybridized carbons (Fsp3) is 0.429. The number of pyridine rings is 1. The van der Waals surface area contributed by atoms with Crippen molar-refractivity contribution in [3.05, 3.63) is 60.4 Å². The lowest BCUT2D eigenvalue weighted by Gasteiger charge is -2.41. The molecule has 8 heteroatoms. The van der Waals surface area contributed by atoms with Gasteiger partial charge in [-0.25, -0.2) is 13.4 Å². The van der Waals surface area contributed by atoms with E-state index in [9.17, 15) is 13.2 Å². The number of carbonyl (C=O) groups excluding carboxylic acids is 1.